The SMILES string of the molecule is COc1ccc2cc(/C=C/C(=O)NNC(=O)C3CCCCC3)ccc2c1. The van der Waals surface area contributed by atoms with Crippen LogP contribution < -0.4 is 15.6 Å². The van der Waals surface area contributed by atoms with E-state index in [2.05, 4.69) is 10.9 Å². The van der Waals surface area contributed by atoms with E-state index in [9.17, 15) is 9.59 Å². The van der Waals surface area contributed by atoms with Gasteiger partial charge in [0.25, 0.3) is 5.91 Å². The lowest BCUT2D eigenvalue weighted by Gasteiger charge is -2.20. The van der Waals surface area contributed by atoms with Gasteiger partial charge >= 0.3 is 0 Å². The van der Waals surface area contributed by atoms with Gasteiger partial charge in [0.15, 0.2) is 0 Å². The number of benzene rings is 2. The Labute approximate surface area is 153 Å². The second-order valence-corrected chi connectivity index (χ2v) is 6.62. The number of hydrogen-bond donors (Lipinski definition) is 2. The number of amides is 2. The Morgan fingerprint density at radius 1 is 1.00 bits per heavy atom. The number of hydrogen-bond acceptors (Lipinski definition) is 3. The van der Waals surface area contributed by atoms with Gasteiger partial charge in [-0.05, 0) is 53.5 Å². The van der Waals surface area contributed by atoms with E-state index >= 15 is 0 Å². The fourth-order valence-corrected chi connectivity index (χ4v) is 3.28. The van der Waals surface area contributed by atoms with Crippen molar-refractivity contribution < 1.29 is 14.3 Å². The van der Waals surface area contributed by atoms with Crippen molar-refractivity contribution in [1.29, 1.82) is 0 Å². The number of ether oxygens (including phenoxy) is 1. The smallest absolute Gasteiger partial charge is 0.262 e. The molecule has 0 atom stereocenters. The molecule has 5 heteroatoms. The predicted octanol–water partition coefficient (Wildman–Crippen LogP) is 3.59. The van der Waals surface area contributed by atoms with Gasteiger partial charge in [0.1, 0.15) is 5.75 Å². The first-order valence-corrected chi connectivity index (χ1v) is 9.01. The van der Waals surface area contributed by atoms with Gasteiger partial charge in [-0.15, -0.1) is 0 Å². The normalized spacial score (nSPS) is 15.1. The molecule has 2 N–H and O–H groups in total. The summed E-state index contributed by atoms with van der Waals surface area (Å²) in [4.78, 5) is 23.9. The molecule has 0 aromatic heterocycles. The molecule has 26 heavy (non-hydrogen) atoms. The van der Waals surface area contributed by atoms with Crippen LogP contribution in [0.15, 0.2) is 42.5 Å². The molecule has 0 spiro atoms. The molecule has 0 radical (unpaired) electrons. The van der Waals surface area contributed by atoms with Gasteiger partial charge in [-0.25, -0.2) is 0 Å². The van der Waals surface area contributed by atoms with E-state index < -0.39 is 0 Å². The molecule has 1 fully saturated rings. The van der Waals surface area contributed by atoms with E-state index in [1.54, 1.807) is 13.2 Å². The van der Waals surface area contributed by atoms with Crippen LogP contribution in [0.1, 0.15) is 37.7 Å². The molecular formula is C21H24N2O3. The molecule has 1 saturated carbocycles. The number of carbonyl (C=O) groups is 2. The third-order valence-corrected chi connectivity index (χ3v) is 4.78. The van der Waals surface area contributed by atoms with Crippen LogP contribution in [0.4, 0.5) is 0 Å². The van der Waals surface area contributed by atoms with Crippen LogP contribution in [-0.2, 0) is 9.59 Å². The summed E-state index contributed by atoms with van der Waals surface area (Å²) in [6.07, 6.45) is 8.31. The minimum Gasteiger partial charge on any atom is -0.497 e. The Hall–Kier alpha value is -2.82. The van der Waals surface area contributed by atoms with Gasteiger partial charge in [-0.1, -0.05) is 37.5 Å². The number of methoxy groups -OCH3 is 1. The molecule has 5 nitrogen and oxygen atoms in total. The quantitative estimate of drug-likeness (QED) is 0.653. The third-order valence-electron chi connectivity index (χ3n) is 4.78. The van der Waals surface area contributed by atoms with E-state index in [0.717, 1.165) is 47.8 Å². The lowest BCUT2D eigenvalue weighted by atomic mass is 9.89. The molecule has 2 aromatic rings. The minimum atomic E-state index is -0.344. The zero-order chi connectivity index (χ0) is 18.4. The molecule has 2 amide bonds. The van der Waals surface area contributed by atoms with Crippen molar-refractivity contribution in [1.82, 2.24) is 10.9 Å². The number of rotatable bonds is 4. The first kappa shape index (κ1) is 18.0. The number of fused-ring (bicyclic) bond motifs is 1. The Morgan fingerprint density at radius 2 is 1.73 bits per heavy atom. The van der Waals surface area contributed by atoms with Gasteiger partial charge in [-0.3, -0.25) is 20.4 Å². The largest absolute Gasteiger partial charge is 0.497 e. The summed E-state index contributed by atoms with van der Waals surface area (Å²) in [7, 11) is 1.64. The van der Waals surface area contributed by atoms with Crippen LogP contribution in [0.5, 0.6) is 5.75 Å². The lowest BCUT2D eigenvalue weighted by Crippen LogP contribution is -2.44. The summed E-state index contributed by atoms with van der Waals surface area (Å²) in [6, 6.07) is 11.8. The molecule has 3 rings (SSSR count). The summed E-state index contributed by atoms with van der Waals surface area (Å²) in [5.74, 6) is 0.398. The molecule has 1 aliphatic carbocycles. The second kappa shape index (κ2) is 8.52. The summed E-state index contributed by atoms with van der Waals surface area (Å²) in [5.41, 5.74) is 5.90. The van der Waals surface area contributed by atoms with Crippen molar-refractivity contribution in [2.45, 2.75) is 32.1 Å². The van der Waals surface area contributed by atoms with Crippen molar-refractivity contribution in [2.24, 2.45) is 5.92 Å². The average Bonchev–Trinajstić information content (AvgIpc) is 2.70. The molecule has 2 aromatic carbocycles. The highest BCUT2D eigenvalue weighted by Gasteiger charge is 2.20. The van der Waals surface area contributed by atoms with Crippen LogP contribution >= 0.6 is 0 Å². The van der Waals surface area contributed by atoms with Crippen LogP contribution in [0.3, 0.4) is 0 Å². The van der Waals surface area contributed by atoms with Crippen LogP contribution in [0.25, 0.3) is 16.8 Å². The van der Waals surface area contributed by atoms with Gasteiger partial charge < -0.3 is 4.74 Å². The van der Waals surface area contributed by atoms with Crippen LogP contribution in [-0.4, -0.2) is 18.9 Å². The fraction of sp³-hybridized carbons (Fsp3) is 0.333. The Kier molecular flexibility index (Phi) is 5.89. The number of nitrogens with one attached hydrogen (secondary N) is 2. The molecule has 0 bridgehead atoms. The van der Waals surface area contributed by atoms with E-state index in [4.69, 9.17) is 4.74 Å². The van der Waals surface area contributed by atoms with Crippen LogP contribution in [0, 0.1) is 5.92 Å². The predicted molar refractivity (Wildman–Crippen MR) is 102 cm³/mol. The monoisotopic (exact) mass is 352 g/mol. The fourth-order valence-electron chi connectivity index (χ4n) is 3.28. The Balaban J connectivity index is 1.55. The van der Waals surface area contributed by atoms with Crippen molar-refractivity contribution >= 4 is 28.7 Å². The summed E-state index contributed by atoms with van der Waals surface area (Å²) in [6.45, 7) is 0. The highest BCUT2D eigenvalue weighted by molar-refractivity contribution is 5.94. The summed E-state index contributed by atoms with van der Waals surface area (Å²) in [5, 5.41) is 2.14. The van der Waals surface area contributed by atoms with Gasteiger partial charge in [-0.2, -0.15) is 0 Å². The first-order chi connectivity index (χ1) is 12.7. The van der Waals surface area contributed by atoms with Crippen LogP contribution in [0.2, 0.25) is 0 Å². The first-order valence-electron chi connectivity index (χ1n) is 9.01. The van der Waals surface area contributed by atoms with Crippen molar-refractivity contribution in [3.8, 4) is 5.75 Å². The molecule has 0 aliphatic heterocycles. The van der Waals surface area contributed by atoms with E-state index in [0.29, 0.717) is 0 Å². The van der Waals surface area contributed by atoms with Gasteiger partial charge in [0.2, 0.25) is 5.91 Å². The molecular weight excluding hydrogens is 328 g/mol. The topological polar surface area (TPSA) is 67.4 Å². The zero-order valence-electron chi connectivity index (χ0n) is 15.0. The van der Waals surface area contributed by atoms with E-state index in [1.807, 2.05) is 36.4 Å². The molecule has 0 unspecified atom stereocenters. The lowest BCUT2D eigenvalue weighted by molar-refractivity contribution is -0.130. The highest BCUT2D eigenvalue weighted by atomic mass is 16.5. The van der Waals surface area contributed by atoms with Gasteiger partial charge in [0.05, 0.1) is 7.11 Å². The zero-order valence-corrected chi connectivity index (χ0v) is 15.0. The molecule has 0 saturated heterocycles. The van der Waals surface area contributed by atoms with Crippen molar-refractivity contribution in [3.63, 3.8) is 0 Å². The summed E-state index contributed by atoms with van der Waals surface area (Å²) >= 11 is 0. The standard InChI is InChI=1S/C21H24N2O3/c1-26-19-11-10-17-13-15(7-9-18(17)14-19)8-12-20(24)22-23-21(25)16-5-3-2-4-6-16/h7-14,16H,2-6H2,1H3,(H,22,24)(H,23,25)/b12-8+. The maximum absolute atomic E-state index is 12.0. The maximum atomic E-state index is 12.0. The van der Waals surface area contributed by atoms with E-state index in [1.165, 1.54) is 12.5 Å². The minimum absolute atomic E-state index is 0.0190. The highest BCUT2D eigenvalue weighted by Crippen LogP contribution is 2.23. The molecule has 1 aliphatic rings. The Morgan fingerprint density at radius 3 is 2.50 bits per heavy atom. The second-order valence-electron chi connectivity index (χ2n) is 6.62. The van der Waals surface area contributed by atoms with Crippen molar-refractivity contribution in [3.05, 3.63) is 48.0 Å². The van der Waals surface area contributed by atoms with Gasteiger partial charge in [0, 0.05) is 12.0 Å². The number of carbonyl (C=O) groups excluding carboxylic acids is 2. The maximum Gasteiger partial charge on any atom is 0.262 e. The Bertz CT molecular complexity index is 823. The number of hydrazine groups is 1. The third kappa shape index (κ3) is 4.63. The van der Waals surface area contributed by atoms with E-state index in [-0.39, 0.29) is 17.7 Å². The average molecular weight is 352 g/mol. The molecule has 0 heterocycles. The molecule has 136 valence electrons. The summed E-state index contributed by atoms with van der Waals surface area (Å²) < 4.78 is 5.22. The van der Waals surface area contributed by atoms with Crippen molar-refractivity contribution in [2.75, 3.05) is 7.11 Å².